The van der Waals surface area contributed by atoms with Gasteiger partial charge in [0.1, 0.15) is 11.9 Å². The van der Waals surface area contributed by atoms with E-state index in [0.29, 0.717) is 30.7 Å². The standard InChI is InChI=1S/C20H22BNO5/c1-24-21(23)19-5-3-2-4-16(19)14-26-20-12-18(10-11-25-20)27-17-8-6-15(13-22)7-9-17/h2-9,18,20,23H,10-12,14H2,1H3. The molecule has 0 bridgehead atoms. The number of hydrogen-bond acceptors (Lipinski definition) is 6. The van der Waals surface area contributed by atoms with Crippen LogP contribution in [0.25, 0.3) is 0 Å². The topological polar surface area (TPSA) is 80.9 Å². The lowest BCUT2D eigenvalue weighted by atomic mass is 9.76. The molecule has 140 valence electrons. The number of nitriles is 1. The molecular formula is C20H22BNO5. The van der Waals surface area contributed by atoms with Crippen LogP contribution >= 0.6 is 0 Å². The largest absolute Gasteiger partial charge is 0.491 e. The minimum Gasteiger partial charge on any atom is -0.490 e. The van der Waals surface area contributed by atoms with Crippen LogP contribution in [-0.2, 0) is 20.7 Å². The molecule has 0 aliphatic carbocycles. The van der Waals surface area contributed by atoms with Gasteiger partial charge in [0.05, 0.1) is 24.8 Å². The van der Waals surface area contributed by atoms with Crippen LogP contribution in [0, 0.1) is 11.3 Å². The first-order valence-corrected chi connectivity index (χ1v) is 8.88. The molecule has 27 heavy (non-hydrogen) atoms. The Labute approximate surface area is 159 Å². The SMILES string of the molecule is COB(O)c1ccccc1COC1CC(Oc2ccc(C#N)cc2)CCO1. The summed E-state index contributed by atoms with van der Waals surface area (Å²) in [5.74, 6) is 0.730. The highest BCUT2D eigenvalue weighted by Crippen LogP contribution is 2.22. The number of nitrogens with zero attached hydrogens (tertiary/aromatic N) is 1. The molecule has 3 rings (SSSR count). The summed E-state index contributed by atoms with van der Waals surface area (Å²) in [7, 11) is 0.474. The highest BCUT2D eigenvalue weighted by Gasteiger charge is 2.26. The summed E-state index contributed by atoms with van der Waals surface area (Å²) in [5, 5.41) is 18.8. The van der Waals surface area contributed by atoms with Gasteiger partial charge in [0.15, 0.2) is 6.29 Å². The van der Waals surface area contributed by atoms with E-state index in [-0.39, 0.29) is 12.4 Å². The van der Waals surface area contributed by atoms with E-state index in [4.69, 9.17) is 24.1 Å². The molecule has 0 amide bonds. The second-order valence-corrected chi connectivity index (χ2v) is 6.30. The second kappa shape index (κ2) is 9.54. The number of benzene rings is 2. The smallest absolute Gasteiger partial charge is 0.490 e. The third-order valence-corrected chi connectivity index (χ3v) is 4.45. The van der Waals surface area contributed by atoms with Crippen molar-refractivity contribution in [2.24, 2.45) is 0 Å². The summed E-state index contributed by atoms with van der Waals surface area (Å²) in [6, 6.07) is 16.6. The lowest BCUT2D eigenvalue weighted by Gasteiger charge is -2.30. The van der Waals surface area contributed by atoms with Gasteiger partial charge in [0.25, 0.3) is 0 Å². The van der Waals surface area contributed by atoms with E-state index >= 15 is 0 Å². The molecule has 1 fully saturated rings. The van der Waals surface area contributed by atoms with Gasteiger partial charge in [-0.25, -0.2) is 0 Å². The van der Waals surface area contributed by atoms with Crippen molar-refractivity contribution in [2.75, 3.05) is 13.7 Å². The van der Waals surface area contributed by atoms with Crippen molar-refractivity contribution in [2.45, 2.75) is 31.8 Å². The molecule has 1 aliphatic heterocycles. The van der Waals surface area contributed by atoms with Crippen LogP contribution in [0.4, 0.5) is 0 Å². The molecule has 0 radical (unpaired) electrons. The molecule has 1 aliphatic rings. The van der Waals surface area contributed by atoms with E-state index in [9.17, 15) is 5.02 Å². The molecule has 0 spiro atoms. The number of rotatable bonds is 7. The Balaban J connectivity index is 1.55. The Kier molecular flexibility index (Phi) is 6.85. The van der Waals surface area contributed by atoms with Gasteiger partial charge < -0.3 is 23.9 Å². The molecule has 0 saturated carbocycles. The molecule has 2 aromatic carbocycles. The van der Waals surface area contributed by atoms with Crippen LogP contribution in [0.1, 0.15) is 24.0 Å². The van der Waals surface area contributed by atoms with Crippen molar-refractivity contribution in [3.8, 4) is 11.8 Å². The summed E-state index contributed by atoms with van der Waals surface area (Å²) in [5.41, 5.74) is 2.14. The Hall–Kier alpha value is -2.37. The quantitative estimate of drug-likeness (QED) is 0.754. The minimum atomic E-state index is -0.982. The maximum atomic E-state index is 9.94. The van der Waals surface area contributed by atoms with Crippen molar-refractivity contribution in [3.05, 3.63) is 59.7 Å². The monoisotopic (exact) mass is 367 g/mol. The molecular weight excluding hydrogens is 345 g/mol. The van der Waals surface area contributed by atoms with Crippen LogP contribution in [0.2, 0.25) is 0 Å². The normalized spacial score (nSPS) is 19.3. The Bertz CT molecular complexity index is 777. The fourth-order valence-electron chi connectivity index (χ4n) is 2.97. The van der Waals surface area contributed by atoms with E-state index in [0.717, 1.165) is 17.7 Å². The first-order valence-electron chi connectivity index (χ1n) is 8.88. The van der Waals surface area contributed by atoms with Crippen LogP contribution in [-0.4, -0.2) is 38.3 Å². The molecule has 2 atom stereocenters. The van der Waals surface area contributed by atoms with Gasteiger partial charge in [-0.1, -0.05) is 24.3 Å². The molecule has 0 aromatic heterocycles. The number of hydrogen-bond donors (Lipinski definition) is 1. The van der Waals surface area contributed by atoms with Crippen LogP contribution in [0.5, 0.6) is 5.75 Å². The Morgan fingerprint density at radius 1 is 1.22 bits per heavy atom. The zero-order valence-electron chi connectivity index (χ0n) is 15.2. The number of ether oxygens (including phenoxy) is 3. The molecule has 1 saturated heterocycles. The molecule has 6 nitrogen and oxygen atoms in total. The van der Waals surface area contributed by atoms with Gasteiger partial charge in [-0.15, -0.1) is 0 Å². The summed E-state index contributed by atoms with van der Waals surface area (Å²) < 4.78 is 22.6. The van der Waals surface area contributed by atoms with Crippen LogP contribution in [0.15, 0.2) is 48.5 Å². The fourth-order valence-corrected chi connectivity index (χ4v) is 2.97. The fraction of sp³-hybridized carbons (Fsp3) is 0.350. The molecule has 2 aromatic rings. The summed E-state index contributed by atoms with van der Waals surface area (Å²) >= 11 is 0. The second-order valence-electron chi connectivity index (χ2n) is 6.30. The van der Waals surface area contributed by atoms with Crippen molar-refractivity contribution in [1.29, 1.82) is 5.26 Å². The average Bonchev–Trinajstić information content (AvgIpc) is 2.73. The van der Waals surface area contributed by atoms with Crippen LogP contribution in [0.3, 0.4) is 0 Å². The van der Waals surface area contributed by atoms with Crippen molar-refractivity contribution in [3.63, 3.8) is 0 Å². The highest BCUT2D eigenvalue weighted by atomic mass is 16.7. The predicted octanol–water partition coefficient (Wildman–Crippen LogP) is 1.99. The Morgan fingerprint density at radius 3 is 2.74 bits per heavy atom. The van der Waals surface area contributed by atoms with E-state index in [1.165, 1.54) is 7.11 Å². The first-order chi connectivity index (χ1) is 13.2. The highest BCUT2D eigenvalue weighted by molar-refractivity contribution is 6.60. The van der Waals surface area contributed by atoms with Gasteiger partial charge in [-0.3, -0.25) is 0 Å². The first kappa shape index (κ1) is 19.4. The third kappa shape index (κ3) is 5.31. The zero-order chi connectivity index (χ0) is 19.1. The van der Waals surface area contributed by atoms with Gasteiger partial charge in [-0.2, -0.15) is 5.26 Å². The van der Waals surface area contributed by atoms with Crippen LogP contribution < -0.4 is 10.2 Å². The predicted molar refractivity (Wildman–Crippen MR) is 100 cm³/mol. The van der Waals surface area contributed by atoms with E-state index < -0.39 is 7.12 Å². The van der Waals surface area contributed by atoms with E-state index in [1.807, 2.05) is 24.3 Å². The van der Waals surface area contributed by atoms with Gasteiger partial charge in [0.2, 0.25) is 0 Å². The van der Waals surface area contributed by atoms with Gasteiger partial charge in [-0.05, 0) is 35.3 Å². The zero-order valence-corrected chi connectivity index (χ0v) is 15.2. The minimum absolute atomic E-state index is 0.0171. The summed E-state index contributed by atoms with van der Waals surface area (Å²) in [6.07, 6.45) is 0.986. The van der Waals surface area contributed by atoms with Gasteiger partial charge >= 0.3 is 7.12 Å². The maximum Gasteiger partial charge on any atom is 0.491 e. The maximum absolute atomic E-state index is 9.94. The van der Waals surface area contributed by atoms with Crippen molar-refractivity contribution in [1.82, 2.24) is 0 Å². The van der Waals surface area contributed by atoms with Crippen molar-refractivity contribution >= 4 is 12.6 Å². The molecule has 7 heteroatoms. The van der Waals surface area contributed by atoms with Crippen molar-refractivity contribution < 1.29 is 23.9 Å². The summed E-state index contributed by atoms with van der Waals surface area (Å²) in [4.78, 5) is 0. The van der Waals surface area contributed by atoms with E-state index in [2.05, 4.69) is 6.07 Å². The summed E-state index contributed by atoms with van der Waals surface area (Å²) in [6.45, 7) is 0.860. The van der Waals surface area contributed by atoms with E-state index in [1.54, 1.807) is 24.3 Å². The molecule has 1 heterocycles. The molecule has 2 unspecified atom stereocenters. The lowest BCUT2D eigenvalue weighted by Crippen LogP contribution is -2.37. The average molecular weight is 367 g/mol. The third-order valence-electron chi connectivity index (χ3n) is 4.45. The lowest BCUT2D eigenvalue weighted by molar-refractivity contribution is -0.187. The molecule has 1 N–H and O–H groups in total. The Morgan fingerprint density at radius 2 is 2.00 bits per heavy atom. The van der Waals surface area contributed by atoms with Gasteiger partial charge in [0, 0.05) is 20.0 Å².